The lowest BCUT2D eigenvalue weighted by atomic mass is 10.1. The smallest absolute Gasteiger partial charge is 0.246 e. The van der Waals surface area contributed by atoms with E-state index in [0.29, 0.717) is 29.2 Å². The van der Waals surface area contributed by atoms with E-state index in [9.17, 15) is 0 Å². The summed E-state index contributed by atoms with van der Waals surface area (Å²) in [6, 6.07) is 17.7. The summed E-state index contributed by atoms with van der Waals surface area (Å²) in [6.07, 6.45) is 2.05. The summed E-state index contributed by atoms with van der Waals surface area (Å²) < 4.78 is 5.29. The summed E-state index contributed by atoms with van der Waals surface area (Å²) in [4.78, 5) is 8.60. The van der Waals surface area contributed by atoms with Crippen LogP contribution in [-0.4, -0.2) is 29.7 Å². The number of rotatable bonds is 7. The summed E-state index contributed by atoms with van der Waals surface area (Å²) in [5.74, 6) is 1.73. The predicted molar refractivity (Wildman–Crippen MR) is 123 cm³/mol. The predicted octanol–water partition coefficient (Wildman–Crippen LogP) is 4.31. The Labute approximate surface area is 186 Å². The molecule has 2 aromatic carbocycles. The quantitative estimate of drug-likeness (QED) is 0.214. The van der Waals surface area contributed by atoms with E-state index < -0.39 is 0 Å². The van der Waals surface area contributed by atoms with Crippen molar-refractivity contribution in [3.05, 3.63) is 71.1 Å². The van der Waals surface area contributed by atoms with Gasteiger partial charge in [-0.1, -0.05) is 47.1 Å². The molecule has 28 heavy (non-hydrogen) atoms. The number of aryl methyl sites for hydroxylation is 1. The number of nitrogens with one attached hydrogen (secondary N) is 2. The second-order valence-corrected chi connectivity index (χ2v) is 6.40. The molecule has 2 N–H and O–H groups in total. The Bertz CT molecular complexity index is 868. The number of benzene rings is 2. The van der Waals surface area contributed by atoms with Crippen LogP contribution in [0.3, 0.4) is 0 Å². The number of guanidine groups is 1. The van der Waals surface area contributed by atoms with Gasteiger partial charge in [-0.05, 0) is 42.7 Å². The molecule has 0 amide bonds. The monoisotopic (exact) mass is 511 g/mol. The standard InChI is InChI=1S/C20H22ClN5O.HI/c1-22-20(23-13-5-8-15-6-3-2-4-7-15)24-14-18-25-19(26-27-18)16-9-11-17(21)12-10-16;/h2-4,6-7,9-12H,5,8,13-14H2,1H3,(H2,22,23,24);1H. The molecule has 6 nitrogen and oxygen atoms in total. The molecule has 148 valence electrons. The maximum Gasteiger partial charge on any atom is 0.246 e. The van der Waals surface area contributed by atoms with Crippen molar-refractivity contribution < 1.29 is 4.52 Å². The van der Waals surface area contributed by atoms with Crippen LogP contribution >= 0.6 is 35.6 Å². The third-order valence-corrected chi connectivity index (χ3v) is 4.23. The molecule has 0 aliphatic carbocycles. The van der Waals surface area contributed by atoms with Crippen LogP contribution in [0.2, 0.25) is 5.02 Å². The molecule has 0 saturated carbocycles. The molecular weight excluding hydrogens is 489 g/mol. The molecule has 0 atom stereocenters. The second kappa shape index (κ2) is 11.7. The van der Waals surface area contributed by atoms with Crippen LogP contribution in [0.5, 0.6) is 0 Å². The largest absolute Gasteiger partial charge is 0.356 e. The molecule has 0 bridgehead atoms. The zero-order valence-corrected chi connectivity index (χ0v) is 18.6. The average Bonchev–Trinajstić information content (AvgIpc) is 3.18. The van der Waals surface area contributed by atoms with Crippen LogP contribution in [0.15, 0.2) is 64.1 Å². The molecule has 0 aliphatic rings. The van der Waals surface area contributed by atoms with Crippen LogP contribution < -0.4 is 10.6 Å². The van der Waals surface area contributed by atoms with Crippen molar-refractivity contribution in [3.63, 3.8) is 0 Å². The molecule has 0 aliphatic heterocycles. The van der Waals surface area contributed by atoms with Crippen molar-refractivity contribution in [2.75, 3.05) is 13.6 Å². The lowest BCUT2D eigenvalue weighted by molar-refractivity contribution is 0.375. The highest BCUT2D eigenvalue weighted by molar-refractivity contribution is 14.0. The molecule has 0 unspecified atom stereocenters. The zero-order chi connectivity index (χ0) is 18.9. The van der Waals surface area contributed by atoms with Gasteiger partial charge in [0.05, 0.1) is 6.54 Å². The lowest BCUT2D eigenvalue weighted by Gasteiger charge is -2.10. The van der Waals surface area contributed by atoms with Gasteiger partial charge in [-0.25, -0.2) is 0 Å². The van der Waals surface area contributed by atoms with E-state index in [-0.39, 0.29) is 24.0 Å². The first-order valence-electron chi connectivity index (χ1n) is 8.81. The Balaban J connectivity index is 0.00000280. The number of halogens is 2. The molecule has 1 heterocycles. The van der Waals surface area contributed by atoms with Gasteiger partial charge in [0.15, 0.2) is 5.96 Å². The summed E-state index contributed by atoms with van der Waals surface area (Å²) >= 11 is 5.90. The molecular formula is C20H23ClIN5O. The van der Waals surface area contributed by atoms with Crippen LogP contribution in [-0.2, 0) is 13.0 Å². The van der Waals surface area contributed by atoms with Gasteiger partial charge < -0.3 is 15.2 Å². The Morgan fingerprint density at radius 2 is 1.82 bits per heavy atom. The van der Waals surface area contributed by atoms with E-state index in [0.717, 1.165) is 24.9 Å². The number of nitrogens with zero attached hydrogens (tertiary/aromatic N) is 3. The average molecular weight is 512 g/mol. The Kier molecular flexibility index (Phi) is 9.22. The normalized spacial score (nSPS) is 11.0. The summed E-state index contributed by atoms with van der Waals surface area (Å²) in [5, 5.41) is 11.1. The minimum Gasteiger partial charge on any atom is -0.356 e. The minimum atomic E-state index is 0. The fraction of sp³-hybridized carbons (Fsp3) is 0.250. The first-order valence-corrected chi connectivity index (χ1v) is 9.19. The highest BCUT2D eigenvalue weighted by atomic mass is 127. The fourth-order valence-corrected chi connectivity index (χ4v) is 2.69. The first kappa shape index (κ1) is 22.2. The van der Waals surface area contributed by atoms with E-state index in [1.165, 1.54) is 5.56 Å². The number of aromatic nitrogens is 2. The SMILES string of the molecule is CN=C(NCCCc1ccccc1)NCc1nc(-c2ccc(Cl)cc2)no1.I. The van der Waals surface area contributed by atoms with E-state index in [1.807, 2.05) is 18.2 Å². The Hall–Kier alpha value is -2.13. The Morgan fingerprint density at radius 1 is 1.07 bits per heavy atom. The number of aliphatic imine (C=N–C) groups is 1. The number of hydrogen-bond donors (Lipinski definition) is 2. The van der Waals surface area contributed by atoms with Gasteiger partial charge in [0.1, 0.15) is 0 Å². The molecule has 0 saturated heterocycles. The van der Waals surface area contributed by atoms with Gasteiger partial charge in [0.2, 0.25) is 11.7 Å². The highest BCUT2D eigenvalue weighted by Gasteiger charge is 2.09. The lowest BCUT2D eigenvalue weighted by Crippen LogP contribution is -2.37. The van der Waals surface area contributed by atoms with Crippen LogP contribution in [0.25, 0.3) is 11.4 Å². The second-order valence-electron chi connectivity index (χ2n) is 5.96. The molecule has 1 aromatic heterocycles. The fourth-order valence-electron chi connectivity index (χ4n) is 2.57. The van der Waals surface area contributed by atoms with E-state index in [2.05, 4.69) is 50.0 Å². The minimum absolute atomic E-state index is 0. The van der Waals surface area contributed by atoms with Crippen molar-refractivity contribution in [2.24, 2.45) is 4.99 Å². The molecule has 8 heteroatoms. The molecule has 0 spiro atoms. The molecule has 0 fully saturated rings. The maximum absolute atomic E-state index is 5.90. The van der Waals surface area contributed by atoms with E-state index in [1.54, 1.807) is 19.2 Å². The van der Waals surface area contributed by atoms with Crippen molar-refractivity contribution in [1.82, 2.24) is 20.8 Å². The maximum atomic E-state index is 5.90. The molecule has 3 rings (SSSR count). The third-order valence-electron chi connectivity index (χ3n) is 3.98. The summed E-state index contributed by atoms with van der Waals surface area (Å²) in [5.41, 5.74) is 2.20. The van der Waals surface area contributed by atoms with Gasteiger partial charge in [0.25, 0.3) is 0 Å². The molecule has 0 radical (unpaired) electrons. The van der Waals surface area contributed by atoms with E-state index in [4.69, 9.17) is 16.1 Å². The van der Waals surface area contributed by atoms with Crippen LogP contribution in [0.4, 0.5) is 0 Å². The third kappa shape index (κ3) is 6.79. The zero-order valence-electron chi connectivity index (χ0n) is 15.6. The van der Waals surface area contributed by atoms with Crippen LogP contribution in [0, 0.1) is 0 Å². The highest BCUT2D eigenvalue weighted by Crippen LogP contribution is 2.18. The van der Waals surface area contributed by atoms with Crippen molar-refractivity contribution >= 4 is 41.5 Å². The number of hydrogen-bond acceptors (Lipinski definition) is 4. The van der Waals surface area contributed by atoms with Crippen molar-refractivity contribution in [1.29, 1.82) is 0 Å². The summed E-state index contributed by atoms with van der Waals surface area (Å²) in [7, 11) is 1.74. The van der Waals surface area contributed by atoms with Gasteiger partial charge in [-0.2, -0.15) is 4.98 Å². The van der Waals surface area contributed by atoms with Gasteiger partial charge in [-0.15, -0.1) is 24.0 Å². The van der Waals surface area contributed by atoms with Crippen molar-refractivity contribution in [2.45, 2.75) is 19.4 Å². The van der Waals surface area contributed by atoms with Crippen LogP contribution in [0.1, 0.15) is 17.9 Å². The molecule has 3 aromatic rings. The first-order chi connectivity index (χ1) is 13.2. The van der Waals surface area contributed by atoms with E-state index >= 15 is 0 Å². The van der Waals surface area contributed by atoms with Gasteiger partial charge >= 0.3 is 0 Å². The Morgan fingerprint density at radius 3 is 2.54 bits per heavy atom. The van der Waals surface area contributed by atoms with Crippen molar-refractivity contribution in [3.8, 4) is 11.4 Å². The van der Waals surface area contributed by atoms with Gasteiger partial charge in [-0.3, -0.25) is 4.99 Å². The topological polar surface area (TPSA) is 75.3 Å². The van der Waals surface area contributed by atoms with Gasteiger partial charge in [0, 0.05) is 24.2 Å². The summed E-state index contributed by atoms with van der Waals surface area (Å²) in [6.45, 7) is 1.23.